The van der Waals surface area contributed by atoms with Gasteiger partial charge >= 0.3 is 0 Å². The summed E-state index contributed by atoms with van der Waals surface area (Å²) >= 11 is 0. The van der Waals surface area contributed by atoms with Gasteiger partial charge in [0.25, 0.3) is 0 Å². The number of hydrogen-bond acceptors (Lipinski definition) is 2. The van der Waals surface area contributed by atoms with Gasteiger partial charge in [-0.25, -0.2) is 0 Å². The first-order valence-corrected chi connectivity index (χ1v) is 5.19. The third-order valence-electron chi connectivity index (χ3n) is 2.44. The van der Waals surface area contributed by atoms with E-state index in [-0.39, 0.29) is 17.6 Å². The fourth-order valence-electron chi connectivity index (χ4n) is 1.22. The van der Waals surface area contributed by atoms with E-state index in [0.717, 1.165) is 12.0 Å². The van der Waals surface area contributed by atoms with Crippen LogP contribution in [0.3, 0.4) is 0 Å². The second-order valence-electron chi connectivity index (χ2n) is 3.70. The molecule has 2 N–H and O–H groups in total. The summed E-state index contributed by atoms with van der Waals surface area (Å²) in [5.74, 6) is 0.327. The van der Waals surface area contributed by atoms with Gasteiger partial charge in [-0.15, -0.1) is 0 Å². The quantitative estimate of drug-likeness (QED) is 0.794. The fraction of sp³-hybridized carbons (Fsp3) is 0.417. The first-order chi connectivity index (χ1) is 7.13. The molecule has 0 aromatic heterocycles. The van der Waals surface area contributed by atoms with Crippen LogP contribution < -0.4 is 5.32 Å². The minimum Gasteiger partial charge on any atom is -0.508 e. The molecular weight excluding hydrogens is 190 g/mol. The number of rotatable bonds is 4. The van der Waals surface area contributed by atoms with Crippen molar-refractivity contribution in [1.82, 2.24) is 5.32 Å². The molecule has 3 heteroatoms. The first-order valence-electron chi connectivity index (χ1n) is 5.19. The van der Waals surface area contributed by atoms with Crippen LogP contribution in [0.1, 0.15) is 25.8 Å². The van der Waals surface area contributed by atoms with Crippen LogP contribution in [-0.2, 0) is 11.3 Å². The monoisotopic (exact) mass is 207 g/mol. The van der Waals surface area contributed by atoms with E-state index in [1.165, 1.54) is 0 Å². The number of benzene rings is 1. The molecule has 1 unspecified atom stereocenters. The summed E-state index contributed by atoms with van der Waals surface area (Å²) in [6.45, 7) is 4.36. The van der Waals surface area contributed by atoms with E-state index in [1.807, 2.05) is 19.9 Å². The molecular formula is C12H17NO2. The van der Waals surface area contributed by atoms with E-state index in [4.69, 9.17) is 0 Å². The third kappa shape index (κ3) is 3.62. The molecule has 15 heavy (non-hydrogen) atoms. The third-order valence-corrected chi connectivity index (χ3v) is 2.44. The molecule has 0 fully saturated rings. The van der Waals surface area contributed by atoms with Crippen molar-refractivity contribution in [2.24, 2.45) is 5.92 Å². The van der Waals surface area contributed by atoms with Crippen molar-refractivity contribution in [1.29, 1.82) is 0 Å². The van der Waals surface area contributed by atoms with Gasteiger partial charge in [-0.05, 0) is 24.1 Å². The normalized spacial score (nSPS) is 12.1. The Morgan fingerprint density at radius 3 is 2.87 bits per heavy atom. The van der Waals surface area contributed by atoms with Crippen LogP contribution in [0.4, 0.5) is 0 Å². The van der Waals surface area contributed by atoms with E-state index in [2.05, 4.69) is 5.32 Å². The van der Waals surface area contributed by atoms with Crippen LogP contribution in [0.5, 0.6) is 5.75 Å². The number of aromatic hydroxyl groups is 1. The van der Waals surface area contributed by atoms with Gasteiger partial charge in [0, 0.05) is 12.5 Å². The molecule has 1 rings (SSSR count). The zero-order valence-corrected chi connectivity index (χ0v) is 9.16. The average Bonchev–Trinajstić information content (AvgIpc) is 2.25. The van der Waals surface area contributed by atoms with Gasteiger partial charge in [-0.2, -0.15) is 0 Å². The highest BCUT2D eigenvalue weighted by molar-refractivity contribution is 5.78. The maximum absolute atomic E-state index is 11.5. The Balaban J connectivity index is 2.47. The van der Waals surface area contributed by atoms with E-state index < -0.39 is 0 Å². The van der Waals surface area contributed by atoms with Crippen molar-refractivity contribution in [2.75, 3.05) is 0 Å². The van der Waals surface area contributed by atoms with Crippen LogP contribution in [0.25, 0.3) is 0 Å². The predicted molar refractivity (Wildman–Crippen MR) is 59.4 cm³/mol. The van der Waals surface area contributed by atoms with E-state index >= 15 is 0 Å². The van der Waals surface area contributed by atoms with E-state index in [1.54, 1.807) is 18.2 Å². The Bertz CT molecular complexity index is 336. The summed E-state index contributed by atoms with van der Waals surface area (Å²) in [6.07, 6.45) is 0.839. The summed E-state index contributed by atoms with van der Waals surface area (Å²) in [5.41, 5.74) is 0.909. The summed E-state index contributed by atoms with van der Waals surface area (Å²) in [4.78, 5) is 11.5. The van der Waals surface area contributed by atoms with Gasteiger partial charge in [-0.1, -0.05) is 26.0 Å². The number of nitrogens with one attached hydrogen (secondary N) is 1. The van der Waals surface area contributed by atoms with Crippen LogP contribution >= 0.6 is 0 Å². The molecule has 0 saturated heterocycles. The molecule has 1 aromatic carbocycles. The molecule has 0 aliphatic heterocycles. The zero-order chi connectivity index (χ0) is 11.3. The van der Waals surface area contributed by atoms with Gasteiger partial charge in [0.1, 0.15) is 5.75 Å². The van der Waals surface area contributed by atoms with Crippen LogP contribution in [-0.4, -0.2) is 11.0 Å². The summed E-state index contributed by atoms with van der Waals surface area (Å²) in [6, 6.07) is 6.90. The maximum atomic E-state index is 11.5. The molecule has 0 saturated carbocycles. The minimum atomic E-state index is 0.0438. The van der Waals surface area contributed by atoms with Crippen LogP contribution in [0.2, 0.25) is 0 Å². The minimum absolute atomic E-state index is 0.0438. The van der Waals surface area contributed by atoms with Gasteiger partial charge < -0.3 is 10.4 Å². The van der Waals surface area contributed by atoms with Crippen molar-refractivity contribution >= 4 is 5.91 Å². The predicted octanol–water partition coefficient (Wildman–Crippen LogP) is 2.05. The number of carbonyl (C=O) groups is 1. The molecule has 0 spiro atoms. The molecule has 0 heterocycles. The van der Waals surface area contributed by atoms with Gasteiger partial charge in [0.05, 0.1) is 0 Å². The standard InChI is InChI=1S/C12H17NO2/c1-3-9(2)12(15)13-8-10-5-4-6-11(14)7-10/h4-7,9,14H,3,8H2,1-2H3,(H,13,15). The first kappa shape index (κ1) is 11.6. The smallest absolute Gasteiger partial charge is 0.223 e. The highest BCUT2D eigenvalue weighted by Crippen LogP contribution is 2.10. The second-order valence-corrected chi connectivity index (χ2v) is 3.70. The largest absolute Gasteiger partial charge is 0.508 e. The lowest BCUT2D eigenvalue weighted by atomic mass is 10.1. The molecule has 1 atom stereocenters. The van der Waals surface area contributed by atoms with Crippen molar-refractivity contribution in [3.8, 4) is 5.75 Å². The molecule has 0 aliphatic rings. The Labute approximate surface area is 90.1 Å². The second kappa shape index (κ2) is 5.39. The number of carbonyl (C=O) groups excluding carboxylic acids is 1. The van der Waals surface area contributed by atoms with Crippen molar-refractivity contribution < 1.29 is 9.90 Å². The molecule has 0 bridgehead atoms. The maximum Gasteiger partial charge on any atom is 0.223 e. The number of phenols is 1. The number of phenolic OH excluding ortho intramolecular Hbond substituents is 1. The van der Waals surface area contributed by atoms with Crippen LogP contribution in [0, 0.1) is 5.92 Å². The van der Waals surface area contributed by atoms with E-state index in [9.17, 15) is 9.90 Å². The van der Waals surface area contributed by atoms with E-state index in [0.29, 0.717) is 6.54 Å². The number of hydrogen-bond donors (Lipinski definition) is 2. The van der Waals surface area contributed by atoms with Crippen LogP contribution in [0.15, 0.2) is 24.3 Å². The SMILES string of the molecule is CCC(C)C(=O)NCc1cccc(O)c1. The number of amides is 1. The van der Waals surface area contributed by atoms with Gasteiger partial charge in [-0.3, -0.25) is 4.79 Å². The molecule has 82 valence electrons. The summed E-state index contributed by atoms with van der Waals surface area (Å²) < 4.78 is 0. The Morgan fingerprint density at radius 1 is 1.53 bits per heavy atom. The lowest BCUT2D eigenvalue weighted by Gasteiger charge is -2.09. The molecule has 3 nitrogen and oxygen atoms in total. The van der Waals surface area contributed by atoms with Crippen molar-refractivity contribution in [3.63, 3.8) is 0 Å². The zero-order valence-electron chi connectivity index (χ0n) is 9.16. The van der Waals surface area contributed by atoms with Crippen molar-refractivity contribution in [2.45, 2.75) is 26.8 Å². The molecule has 1 amide bonds. The summed E-state index contributed by atoms with van der Waals surface area (Å²) in [5, 5.41) is 12.0. The highest BCUT2D eigenvalue weighted by atomic mass is 16.3. The Hall–Kier alpha value is -1.51. The highest BCUT2D eigenvalue weighted by Gasteiger charge is 2.09. The average molecular weight is 207 g/mol. The molecule has 1 aromatic rings. The lowest BCUT2D eigenvalue weighted by Crippen LogP contribution is -2.28. The van der Waals surface area contributed by atoms with Crippen molar-refractivity contribution in [3.05, 3.63) is 29.8 Å². The topological polar surface area (TPSA) is 49.3 Å². The van der Waals surface area contributed by atoms with Gasteiger partial charge in [0.2, 0.25) is 5.91 Å². The summed E-state index contributed by atoms with van der Waals surface area (Å²) in [7, 11) is 0. The molecule has 0 aliphatic carbocycles. The van der Waals surface area contributed by atoms with Gasteiger partial charge in [0.15, 0.2) is 0 Å². The lowest BCUT2D eigenvalue weighted by molar-refractivity contribution is -0.124. The molecule has 0 radical (unpaired) electrons. The fourth-order valence-corrected chi connectivity index (χ4v) is 1.22. The Morgan fingerprint density at radius 2 is 2.27 bits per heavy atom. The Kier molecular flexibility index (Phi) is 4.16.